The topological polar surface area (TPSA) is 115 Å². The van der Waals surface area contributed by atoms with Gasteiger partial charge in [0.05, 0.1) is 23.3 Å². The van der Waals surface area contributed by atoms with Crippen molar-refractivity contribution >= 4 is 11.9 Å². The van der Waals surface area contributed by atoms with Crippen LogP contribution in [0, 0.1) is 11.8 Å². The Bertz CT molecular complexity index is 649. The van der Waals surface area contributed by atoms with E-state index in [-0.39, 0.29) is 24.0 Å². The van der Waals surface area contributed by atoms with Gasteiger partial charge in [0, 0.05) is 0 Å². The molecule has 4 atom stereocenters. The van der Waals surface area contributed by atoms with Crippen LogP contribution < -0.4 is 0 Å². The molecule has 0 radical (unpaired) electrons. The van der Waals surface area contributed by atoms with E-state index in [0.29, 0.717) is 11.1 Å². The molecule has 0 aliphatic carbocycles. The zero-order chi connectivity index (χ0) is 23.1. The van der Waals surface area contributed by atoms with Crippen LogP contribution in [0.4, 0.5) is 0 Å². The van der Waals surface area contributed by atoms with Crippen LogP contribution in [0.3, 0.4) is 0 Å². The highest BCUT2D eigenvalue weighted by molar-refractivity contribution is 5.87. The first-order valence-corrected chi connectivity index (χ1v) is 10.1. The lowest BCUT2D eigenvalue weighted by Gasteiger charge is -2.29. The Balaban J connectivity index is 0.000000426. The Kier molecular flexibility index (Phi) is 13.8. The van der Waals surface area contributed by atoms with Crippen LogP contribution in [0.2, 0.25) is 0 Å². The summed E-state index contributed by atoms with van der Waals surface area (Å²) in [6.07, 6.45) is 1.24. The number of carboxylic acid groups (broad SMARTS) is 2. The Morgan fingerprint density at radius 3 is 1.07 bits per heavy atom. The molecule has 2 aromatic carbocycles. The molecule has 0 amide bonds. The lowest BCUT2D eigenvalue weighted by molar-refractivity contribution is 0.0189. The third-order valence-corrected chi connectivity index (χ3v) is 4.77. The summed E-state index contributed by atoms with van der Waals surface area (Å²) in [5.74, 6) is -1.30. The number of aliphatic hydroxyl groups is 2. The van der Waals surface area contributed by atoms with Gasteiger partial charge in [0.15, 0.2) is 0 Å². The molecule has 0 fully saturated rings. The average Bonchev–Trinajstić information content (AvgIpc) is 2.73. The summed E-state index contributed by atoms with van der Waals surface area (Å²) in [6.45, 7) is 7.73. The van der Waals surface area contributed by atoms with Gasteiger partial charge in [0.2, 0.25) is 0 Å². The van der Waals surface area contributed by atoms with Gasteiger partial charge < -0.3 is 20.4 Å². The molecule has 6 nitrogen and oxygen atoms in total. The number of hydrogen-bond donors (Lipinski definition) is 4. The van der Waals surface area contributed by atoms with E-state index in [2.05, 4.69) is 13.8 Å². The molecule has 0 aromatic heterocycles. The van der Waals surface area contributed by atoms with E-state index in [1.165, 1.54) is 0 Å². The van der Waals surface area contributed by atoms with Crippen molar-refractivity contribution in [2.24, 2.45) is 11.8 Å². The van der Waals surface area contributed by atoms with E-state index in [9.17, 15) is 19.8 Å². The van der Waals surface area contributed by atoms with Crippen LogP contribution in [0.15, 0.2) is 60.7 Å². The fourth-order valence-electron chi connectivity index (χ4n) is 3.16. The maximum atomic E-state index is 10.2. The van der Waals surface area contributed by atoms with Crippen LogP contribution in [-0.2, 0) is 0 Å². The molecule has 6 heteroatoms. The number of aliphatic hydroxyl groups excluding tert-OH is 2. The molecule has 166 valence electrons. The summed E-state index contributed by atoms with van der Waals surface area (Å²) in [5, 5.41) is 35.7. The number of carboxylic acids is 2. The Labute approximate surface area is 178 Å². The molecule has 2 rings (SSSR count). The van der Waals surface area contributed by atoms with E-state index in [4.69, 9.17) is 10.2 Å². The molecule has 30 heavy (non-hydrogen) atoms. The highest BCUT2D eigenvalue weighted by atomic mass is 16.4. The van der Waals surface area contributed by atoms with E-state index < -0.39 is 11.9 Å². The predicted molar refractivity (Wildman–Crippen MR) is 118 cm³/mol. The van der Waals surface area contributed by atoms with Crippen molar-refractivity contribution in [3.63, 3.8) is 0 Å². The van der Waals surface area contributed by atoms with E-state index in [1.54, 1.807) is 74.5 Å². The second-order valence-electron chi connectivity index (χ2n) is 6.97. The number of hydrogen-bond acceptors (Lipinski definition) is 4. The zero-order valence-corrected chi connectivity index (χ0v) is 18.1. The van der Waals surface area contributed by atoms with Gasteiger partial charge in [-0.05, 0) is 49.9 Å². The standard InChI is InChI=1S/C10H22O2.2C7H6O2/c1-5-9(7(3)11)10(6-2)8(4)12;2*8-7(9)6-4-2-1-3-5-6/h7-12H,5-6H2,1-4H3;2*1-5H,(H,8,9). The first-order chi connectivity index (χ1) is 14.1. The Hall–Kier alpha value is -2.70. The maximum absolute atomic E-state index is 10.2. The number of benzene rings is 2. The molecule has 0 bridgehead atoms. The van der Waals surface area contributed by atoms with Crippen LogP contribution in [0.1, 0.15) is 61.3 Å². The molecule has 2 aromatic rings. The molecule has 0 aliphatic rings. The summed E-state index contributed by atoms with van der Waals surface area (Å²) < 4.78 is 0. The van der Waals surface area contributed by atoms with Gasteiger partial charge in [0.1, 0.15) is 0 Å². The van der Waals surface area contributed by atoms with Crippen molar-refractivity contribution in [3.05, 3.63) is 71.8 Å². The highest BCUT2D eigenvalue weighted by Crippen LogP contribution is 2.25. The predicted octanol–water partition coefficient (Wildman–Crippen LogP) is 4.57. The van der Waals surface area contributed by atoms with Gasteiger partial charge in [0.25, 0.3) is 0 Å². The highest BCUT2D eigenvalue weighted by Gasteiger charge is 2.26. The number of rotatable bonds is 7. The molecule has 0 saturated heterocycles. The third kappa shape index (κ3) is 10.7. The largest absolute Gasteiger partial charge is 0.478 e. The molecule has 0 aliphatic heterocycles. The lowest BCUT2D eigenvalue weighted by Crippen LogP contribution is -2.31. The first kappa shape index (κ1) is 27.3. The summed E-state index contributed by atoms with van der Waals surface area (Å²) in [6, 6.07) is 16.6. The summed E-state index contributed by atoms with van der Waals surface area (Å²) >= 11 is 0. The van der Waals surface area contributed by atoms with Crippen molar-refractivity contribution < 1.29 is 30.0 Å². The minimum atomic E-state index is -0.879. The minimum Gasteiger partial charge on any atom is -0.478 e. The van der Waals surface area contributed by atoms with Crippen LogP contribution >= 0.6 is 0 Å². The van der Waals surface area contributed by atoms with Crippen LogP contribution in [0.25, 0.3) is 0 Å². The Morgan fingerprint density at radius 1 is 0.667 bits per heavy atom. The van der Waals surface area contributed by atoms with E-state index in [1.807, 2.05) is 0 Å². The van der Waals surface area contributed by atoms with Crippen molar-refractivity contribution in [3.8, 4) is 0 Å². The average molecular weight is 419 g/mol. The minimum absolute atomic E-state index is 0.231. The van der Waals surface area contributed by atoms with Gasteiger partial charge in [-0.2, -0.15) is 0 Å². The smallest absolute Gasteiger partial charge is 0.335 e. The second-order valence-corrected chi connectivity index (χ2v) is 6.97. The molecule has 0 spiro atoms. The van der Waals surface area contributed by atoms with Crippen LogP contribution in [0.5, 0.6) is 0 Å². The van der Waals surface area contributed by atoms with E-state index in [0.717, 1.165) is 12.8 Å². The molecule has 0 heterocycles. The summed E-state index contributed by atoms with van der Waals surface area (Å²) in [4.78, 5) is 20.4. The SMILES string of the molecule is CCC(C(C)O)C(CC)C(C)O.O=C(O)c1ccccc1.O=C(O)c1ccccc1. The van der Waals surface area contributed by atoms with Gasteiger partial charge in [-0.3, -0.25) is 0 Å². The van der Waals surface area contributed by atoms with Crippen molar-refractivity contribution in [2.45, 2.75) is 52.7 Å². The van der Waals surface area contributed by atoms with Gasteiger partial charge in [-0.25, -0.2) is 9.59 Å². The molecule has 4 unspecified atom stereocenters. The third-order valence-electron chi connectivity index (χ3n) is 4.77. The first-order valence-electron chi connectivity index (χ1n) is 10.1. The van der Waals surface area contributed by atoms with Gasteiger partial charge in [-0.1, -0.05) is 63.1 Å². The van der Waals surface area contributed by atoms with Crippen LogP contribution in [-0.4, -0.2) is 44.6 Å². The fraction of sp³-hybridized carbons (Fsp3) is 0.417. The summed E-state index contributed by atoms with van der Waals surface area (Å²) in [5.41, 5.74) is 0.662. The van der Waals surface area contributed by atoms with Crippen molar-refractivity contribution in [2.75, 3.05) is 0 Å². The quantitative estimate of drug-likeness (QED) is 0.524. The number of aromatic carboxylic acids is 2. The normalized spacial score (nSPS) is 13.9. The second kappa shape index (κ2) is 15.2. The Morgan fingerprint density at radius 2 is 0.933 bits per heavy atom. The molecule has 0 saturated carbocycles. The van der Waals surface area contributed by atoms with Crippen molar-refractivity contribution in [1.29, 1.82) is 0 Å². The van der Waals surface area contributed by atoms with Crippen molar-refractivity contribution in [1.82, 2.24) is 0 Å². The monoisotopic (exact) mass is 418 g/mol. The van der Waals surface area contributed by atoms with Gasteiger partial charge >= 0.3 is 11.9 Å². The lowest BCUT2D eigenvalue weighted by atomic mass is 9.81. The molecular formula is C24H34O6. The maximum Gasteiger partial charge on any atom is 0.335 e. The van der Waals surface area contributed by atoms with E-state index >= 15 is 0 Å². The van der Waals surface area contributed by atoms with Gasteiger partial charge in [-0.15, -0.1) is 0 Å². The summed E-state index contributed by atoms with van der Waals surface area (Å²) in [7, 11) is 0. The number of carbonyl (C=O) groups is 2. The molecule has 4 N–H and O–H groups in total. The molecular weight excluding hydrogens is 384 g/mol. The zero-order valence-electron chi connectivity index (χ0n) is 18.1. The fourth-order valence-corrected chi connectivity index (χ4v) is 3.16.